The Bertz CT molecular complexity index is 708. The Balaban J connectivity index is 1.33. The number of carbonyl (C=O) groups excluding carboxylic acids is 1. The van der Waals surface area contributed by atoms with Crippen molar-refractivity contribution in [3.63, 3.8) is 0 Å². The summed E-state index contributed by atoms with van der Waals surface area (Å²) in [5, 5.41) is 12.7. The average Bonchev–Trinajstić information content (AvgIpc) is 3.31. The van der Waals surface area contributed by atoms with Gasteiger partial charge in [0.05, 0.1) is 17.3 Å². The van der Waals surface area contributed by atoms with E-state index in [0.717, 1.165) is 49.0 Å². The Hall–Kier alpha value is -1.90. The summed E-state index contributed by atoms with van der Waals surface area (Å²) >= 11 is 1.55. The quantitative estimate of drug-likeness (QED) is 0.711. The highest BCUT2D eigenvalue weighted by Gasteiger charge is 2.51. The maximum atomic E-state index is 12.6. The van der Waals surface area contributed by atoms with Crippen LogP contribution in [0.3, 0.4) is 0 Å². The summed E-state index contributed by atoms with van der Waals surface area (Å²) in [5.74, 6) is 0.562. The predicted molar refractivity (Wildman–Crippen MR) is 91.5 cm³/mol. The summed E-state index contributed by atoms with van der Waals surface area (Å²) < 4.78 is 0. The monoisotopic (exact) mass is 344 g/mol. The Kier molecular flexibility index (Phi) is 4.26. The van der Waals surface area contributed by atoms with Crippen LogP contribution in [0.1, 0.15) is 5.69 Å². The summed E-state index contributed by atoms with van der Waals surface area (Å²) in [7, 11) is 0. The summed E-state index contributed by atoms with van der Waals surface area (Å²) in [6.07, 6.45) is 5.75. The fraction of sp³-hybridized carbons (Fsp3) is 0.500. The average molecular weight is 344 g/mol. The Morgan fingerprint density at radius 1 is 1.33 bits per heavy atom. The molecule has 3 N–H and O–H groups in total. The third-order valence-corrected chi connectivity index (χ3v) is 5.81. The third kappa shape index (κ3) is 2.81. The molecule has 8 heteroatoms. The molecule has 2 fully saturated rings. The molecule has 0 unspecified atom stereocenters. The van der Waals surface area contributed by atoms with Gasteiger partial charge in [0.2, 0.25) is 5.91 Å². The van der Waals surface area contributed by atoms with Crippen LogP contribution in [-0.4, -0.2) is 53.6 Å². The van der Waals surface area contributed by atoms with Crippen molar-refractivity contribution in [1.82, 2.24) is 30.9 Å². The van der Waals surface area contributed by atoms with Gasteiger partial charge in [0, 0.05) is 62.8 Å². The molecule has 0 saturated carbocycles. The molecule has 2 saturated heterocycles. The number of nitrogens with one attached hydrogen (secondary N) is 3. The van der Waals surface area contributed by atoms with Gasteiger partial charge in [0.1, 0.15) is 10.7 Å². The number of carbonyl (C=O) groups is 1. The molecule has 0 bridgehead atoms. The zero-order valence-electron chi connectivity index (χ0n) is 13.3. The van der Waals surface area contributed by atoms with Crippen LogP contribution in [0.5, 0.6) is 0 Å². The van der Waals surface area contributed by atoms with Crippen LogP contribution >= 0.6 is 11.3 Å². The number of aromatic nitrogens is 3. The van der Waals surface area contributed by atoms with Gasteiger partial charge < -0.3 is 16.0 Å². The molecule has 2 aromatic rings. The lowest BCUT2D eigenvalue weighted by atomic mass is 9.80. The van der Waals surface area contributed by atoms with E-state index in [1.165, 1.54) is 0 Å². The van der Waals surface area contributed by atoms with Crippen molar-refractivity contribution in [2.24, 2.45) is 11.3 Å². The molecular formula is C16H20N6OS. The molecule has 2 aliphatic rings. The number of amides is 1. The van der Waals surface area contributed by atoms with Crippen molar-refractivity contribution in [2.45, 2.75) is 6.42 Å². The number of hydrogen-bond acceptors (Lipinski definition) is 7. The van der Waals surface area contributed by atoms with Crippen LogP contribution in [0.15, 0.2) is 24.0 Å². The second-order valence-corrected chi connectivity index (χ2v) is 7.21. The van der Waals surface area contributed by atoms with Gasteiger partial charge in [-0.15, -0.1) is 11.3 Å². The molecule has 0 aromatic carbocycles. The number of thiazole rings is 1. The van der Waals surface area contributed by atoms with Crippen molar-refractivity contribution in [3.8, 4) is 10.7 Å². The lowest BCUT2D eigenvalue weighted by molar-refractivity contribution is -0.130. The summed E-state index contributed by atoms with van der Waals surface area (Å²) in [6, 6.07) is 0. The minimum atomic E-state index is -0.271. The highest BCUT2D eigenvalue weighted by Crippen LogP contribution is 2.34. The number of rotatable bonds is 5. The van der Waals surface area contributed by atoms with Crippen LogP contribution in [0, 0.1) is 11.3 Å². The standard InChI is InChI=1S/C16H20N6OS/c23-15(16-9-18-5-11(16)6-19-10-16)21-2-1-12-8-24-14(22-12)13-7-17-3-4-20-13/h3-4,7-8,11,18-19H,1-2,5-6,9-10H2,(H,21,23). The van der Waals surface area contributed by atoms with Gasteiger partial charge >= 0.3 is 0 Å². The molecular weight excluding hydrogens is 324 g/mol. The van der Waals surface area contributed by atoms with Crippen molar-refractivity contribution < 1.29 is 4.79 Å². The maximum Gasteiger partial charge on any atom is 0.229 e. The zero-order valence-corrected chi connectivity index (χ0v) is 14.1. The number of hydrogen-bond donors (Lipinski definition) is 3. The van der Waals surface area contributed by atoms with Crippen LogP contribution < -0.4 is 16.0 Å². The van der Waals surface area contributed by atoms with Gasteiger partial charge in [-0.2, -0.15) is 0 Å². The van der Waals surface area contributed by atoms with Crippen molar-refractivity contribution in [1.29, 1.82) is 0 Å². The Morgan fingerprint density at radius 3 is 2.92 bits per heavy atom. The Labute approximate surface area is 144 Å². The highest BCUT2D eigenvalue weighted by atomic mass is 32.1. The molecule has 2 aliphatic heterocycles. The van der Waals surface area contributed by atoms with Crippen LogP contribution in [-0.2, 0) is 11.2 Å². The second kappa shape index (κ2) is 6.54. The van der Waals surface area contributed by atoms with E-state index in [-0.39, 0.29) is 11.3 Å². The number of fused-ring (bicyclic) bond motifs is 1. The molecule has 4 heterocycles. The van der Waals surface area contributed by atoms with Crippen molar-refractivity contribution in [3.05, 3.63) is 29.7 Å². The molecule has 0 spiro atoms. The maximum absolute atomic E-state index is 12.6. The summed E-state index contributed by atoms with van der Waals surface area (Å²) in [5.41, 5.74) is 1.49. The van der Waals surface area contributed by atoms with E-state index >= 15 is 0 Å². The van der Waals surface area contributed by atoms with E-state index < -0.39 is 0 Å². The van der Waals surface area contributed by atoms with E-state index in [9.17, 15) is 4.79 Å². The first-order chi connectivity index (χ1) is 11.8. The normalized spacial score (nSPS) is 25.6. The van der Waals surface area contributed by atoms with Crippen LogP contribution in [0.4, 0.5) is 0 Å². The van der Waals surface area contributed by atoms with E-state index in [0.29, 0.717) is 12.5 Å². The van der Waals surface area contributed by atoms with Gasteiger partial charge in [-0.25, -0.2) is 4.98 Å². The Morgan fingerprint density at radius 2 is 2.17 bits per heavy atom. The van der Waals surface area contributed by atoms with Crippen molar-refractivity contribution >= 4 is 17.2 Å². The van der Waals surface area contributed by atoms with E-state index in [4.69, 9.17) is 0 Å². The lowest BCUT2D eigenvalue weighted by Crippen LogP contribution is -2.47. The highest BCUT2D eigenvalue weighted by molar-refractivity contribution is 7.13. The zero-order chi connectivity index (χ0) is 16.4. The molecule has 0 aliphatic carbocycles. The first-order valence-corrected chi connectivity index (χ1v) is 9.06. The van der Waals surface area contributed by atoms with Gasteiger partial charge in [0.15, 0.2) is 0 Å². The second-order valence-electron chi connectivity index (χ2n) is 6.36. The summed E-state index contributed by atoms with van der Waals surface area (Å²) in [4.78, 5) is 25.5. The third-order valence-electron chi connectivity index (χ3n) is 4.90. The SMILES string of the molecule is O=C(NCCc1csc(-c2cnccn2)n1)C12CNCC1CNC2. The van der Waals surface area contributed by atoms with Crippen LogP contribution in [0.2, 0.25) is 0 Å². The molecule has 1 amide bonds. The van der Waals surface area contributed by atoms with E-state index in [1.807, 2.05) is 5.38 Å². The van der Waals surface area contributed by atoms with Gasteiger partial charge in [0.25, 0.3) is 0 Å². The molecule has 0 radical (unpaired) electrons. The molecule has 2 aromatic heterocycles. The minimum Gasteiger partial charge on any atom is -0.355 e. The fourth-order valence-corrected chi connectivity index (χ4v) is 4.34. The predicted octanol–water partition coefficient (Wildman–Crippen LogP) is 0.0678. The molecule has 24 heavy (non-hydrogen) atoms. The van der Waals surface area contributed by atoms with Crippen LogP contribution in [0.25, 0.3) is 10.7 Å². The van der Waals surface area contributed by atoms with Crippen molar-refractivity contribution in [2.75, 3.05) is 32.7 Å². The van der Waals surface area contributed by atoms with E-state index in [2.05, 4.69) is 30.9 Å². The molecule has 4 rings (SSSR count). The molecule has 0 atom stereocenters. The fourth-order valence-electron chi connectivity index (χ4n) is 3.53. The smallest absolute Gasteiger partial charge is 0.229 e. The topological polar surface area (TPSA) is 91.8 Å². The van der Waals surface area contributed by atoms with Gasteiger partial charge in [-0.1, -0.05) is 0 Å². The molecule has 126 valence electrons. The van der Waals surface area contributed by atoms with Gasteiger partial charge in [-0.3, -0.25) is 14.8 Å². The first-order valence-electron chi connectivity index (χ1n) is 8.18. The lowest BCUT2D eigenvalue weighted by Gasteiger charge is -2.25. The van der Waals surface area contributed by atoms with Gasteiger partial charge in [-0.05, 0) is 0 Å². The minimum absolute atomic E-state index is 0.159. The first kappa shape index (κ1) is 15.6. The van der Waals surface area contributed by atoms with E-state index in [1.54, 1.807) is 29.9 Å². The largest absolute Gasteiger partial charge is 0.355 e. The number of nitrogens with zero attached hydrogens (tertiary/aromatic N) is 3. The molecule has 7 nitrogen and oxygen atoms in total. The summed E-state index contributed by atoms with van der Waals surface area (Å²) in [6.45, 7) is 3.99.